The Kier molecular flexibility index (Phi) is 5.43. The smallest absolute Gasteiger partial charge is 0.410 e. The van der Waals surface area contributed by atoms with Gasteiger partial charge in [0.2, 0.25) is 0 Å². The number of rotatable bonds is 3. The number of carbonyl (C=O) groups excluding carboxylic acids is 1. The maximum atomic E-state index is 12.4. The van der Waals surface area contributed by atoms with Crippen LogP contribution in [0.15, 0.2) is 18.3 Å². The van der Waals surface area contributed by atoms with Crippen LogP contribution in [0.4, 0.5) is 10.6 Å². The molecule has 1 aromatic rings. The molecule has 23 heavy (non-hydrogen) atoms. The van der Waals surface area contributed by atoms with Gasteiger partial charge in [0.05, 0.1) is 19.3 Å². The normalized spacial score (nSPS) is 20.2. The summed E-state index contributed by atoms with van der Waals surface area (Å²) in [4.78, 5) is 18.1. The fourth-order valence-corrected chi connectivity index (χ4v) is 2.54. The number of hydrogen-bond donors (Lipinski definition) is 2. The molecule has 1 aliphatic heterocycles. The molecule has 2 unspecified atom stereocenters. The summed E-state index contributed by atoms with van der Waals surface area (Å²) in [5.74, 6) is 0.462. The van der Waals surface area contributed by atoms with Crippen molar-refractivity contribution in [1.82, 2.24) is 9.88 Å². The van der Waals surface area contributed by atoms with Gasteiger partial charge in [0, 0.05) is 18.8 Å². The van der Waals surface area contributed by atoms with E-state index in [0.717, 1.165) is 5.56 Å². The van der Waals surface area contributed by atoms with Crippen LogP contribution in [-0.4, -0.2) is 53.4 Å². The van der Waals surface area contributed by atoms with Gasteiger partial charge in [-0.25, -0.2) is 9.78 Å². The zero-order chi connectivity index (χ0) is 17.0. The Morgan fingerprint density at radius 3 is 2.96 bits per heavy atom. The molecule has 0 aromatic carbocycles. The highest BCUT2D eigenvalue weighted by Gasteiger charge is 2.34. The number of hydrogen-bond acceptors (Lipinski definition) is 6. The van der Waals surface area contributed by atoms with Gasteiger partial charge in [-0.05, 0) is 38.8 Å². The summed E-state index contributed by atoms with van der Waals surface area (Å²) < 4.78 is 11.0. The van der Waals surface area contributed by atoms with Crippen molar-refractivity contribution in [3.05, 3.63) is 23.9 Å². The van der Waals surface area contributed by atoms with Gasteiger partial charge in [-0.1, -0.05) is 6.07 Å². The lowest BCUT2D eigenvalue weighted by atomic mass is 9.99. The lowest BCUT2D eigenvalue weighted by Gasteiger charge is -2.39. The first-order chi connectivity index (χ1) is 10.8. The van der Waals surface area contributed by atoms with Gasteiger partial charge < -0.3 is 20.9 Å². The second kappa shape index (κ2) is 7.14. The third-order valence-electron chi connectivity index (χ3n) is 3.67. The minimum Gasteiger partial charge on any atom is -0.444 e. The standard InChI is InChI=1S/C16H26N4O3/c1-16(2,3)23-15(21)20-7-8-22-10-13(20)12(17)9-11-5-4-6-19-14(11)18/h4-6,12-13H,7-10,17H2,1-3H3,(H2,18,19). The molecule has 0 aliphatic carbocycles. The van der Waals surface area contributed by atoms with Gasteiger partial charge in [-0.15, -0.1) is 0 Å². The summed E-state index contributed by atoms with van der Waals surface area (Å²) in [5, 5.41) is 0. The molecule has 128 valence electrons. The van der Waals surface area contributed by atoms with Crippen LogP contribution in [0, 0.1) is 0 Å². The van der Waals surface area contributed by atoms with Crippen LogP contribution in [0.1, 0.15) is 26.3 Å². The van der Waals surface area contributed by atoms with Crippen molar-refractivity contribution in [3.63, 3.8) is 0 Å². The molecule has 1 aromatic heterocycles. The summed E-state index contributed by atoms with van der Waals surface area (Å²) in [6.45, 7) is 6.87. The van der Waals surface area contributed by atoms with Crippen molar-refractivity contribution in [2.24, 2.45) is 5.73 Å². The first-order valence-corrected chi connectivity index (χ1v) is 7.80. The fourth-order valence-electron chi connectivity index (χ4n) is 2.54. The minimum absolute atomic E-state index is 0.252. The van der Waals surface area contributed by atoms with E-state index in [4.69, 9.17) is 20.9 Å². The second-order valence-electron chi connectivity index (χ2n) is 6.73. The Bertz CT molecular complexity index is 544. The van der Waals surface area contributed by atoms with Gasteiger partial charge >= 0.3 is 6.09 Å². The third-order valence-corrected chi connectivity index (χ3v) is 3.67. The molecule has 1 saturated heterocycles. The number of nitrogen functional groups attached to an aromatic ring is 1. The molecule has 0 saturated carbocycles. The van der Waals surface area contributed by atoms with Crippen LogP contribution in [0.2, 0.25) is 0 Å². The Hall–Kier alpha value is -1.86. The highest BCUT2D eigenvalue weighted by molar-refractivity contribution is 5.68. The quantitative estimate of drug-likeness (QED) is 0.866. The van der Waals surface area contributed by atoms with E-state index in [0.29, 0.717) is 32.0 Å². The number of morpholine rings is 1. The number of nitrogens with two attached hydrogens (primary N) is 2. The Morgan fingerprint density at radius 1 is 1.57 bits per heavy atom. The van der Waals surface area contributed by atoms with Gasteiger partial charge in [0.15, 0.2) is 0 Å². The summed E-state index contributed by atoms with van der Waals surface area (Å²) in [7, 11) is 0. The van der Waals surface area contributed by atoms with E-state index in [2.05, 4.69) is 4.98 Å². The first-order valence-electron chi connectivity index (χ1n) is 7.80. The summed E-state index contributed by atoms with van der Waals surface area (Å²) >= 11 is 0. The number of pyridine rings is 1. The average molecular weight is 322 g/mol. The van der Waals surface area contributed by atoms with Crippen LogP contribution in [-0.2, 0) is 15.9 Å². The predicted octanol–water partition coefficient (Wildman–Crippen LogP) is 1.17. The van der Waals surface area contributed by atoms with Crippen LogP contribution < -0.4 is 11.5 Å². The van der Waals surface area contributed by atoms with Crippen molar-refractivity contribution in [2.75, 3.05) is 25.5 Å². The minimum atomic E-state index is -0.544. The number of ether oxygens (including phenoxy) is 2. The maximum absolute atomic E-state index is 12.4. The molecule has 0 radical (unpaired) electrons. The van der Waals surface area contributed by atoms with E-state index >= 15 is 0 Å². The third kappa shape index (κ3) is 4.80. The number of amides is 1. The van der Waals surface area contributed by atoms with E-state index in [-0.39, 0.29) is 18.2 Å². The fraction of sp³-hybridized carbons (Fsp3) is 0.625. The van der Waals surface area contributed by atoms with E-state index in [1.54, 1.807) is 11.1 Å². The molecule has 2 rings (SSSR count). The van der Waals surface area contributed by atoms with Gasteiger partial charge in [-0.2, -0.15) is 0 Å². The van der Waals surface area contributed by atoms with Crippen molar-refractivity contribution in [3.8, 4) is 0 Å². The summed E-state index contributed by atoms with van der Waals surface area (Å²) in [5.41, 5.74) is 12.5. The van der Waals surface area contributed by atoms with Gasteiger partial charge in [0.1, 0.15) is 11.4 Å². The van der Waals surface area contributed by atoms with E-state index in [1.165, 1.54) is 0 Å². The maximum Gasteiger partial charge on any atom is 0.410 e. The van der Waals surface area contributed by atoms with Gasteiger partial charge in [0.25, 0.3) is 0 Å². The molecule has 7 nitrogen and oxygen atoms in total. The van der Waals surface area contributed by atoms with Crippen molar-refractivity contribution in [2.45, 2.75) is 44.9 Å². The number of aromatic nitrogens is 1. The average Bonchev–Trinajstić information content (AvgIpc) is 2.48. The molecule has 1 aliphatic rings. The van der Waals surface area contributed by atoms with E-state index < -0.39 is 5.60 Å². The second-order valence-corrected chi connectivity index (χ2v) is 6.73. The molecule has 1 amide bonds. The molecular weight excluding hydrogens is 296 g/mol. The predicted molar refractivity (Wildman–Crippen MR) is 87.9 cm³/mol. The Balaban J connectivity index is 2.08. The topological polar surface area (TPSA) is 104 Å². The molecule has 2 heterocycles. The molecule has 0 bridgehead atoms. The Labute approximate surface area is 136 Å². The molecule has 1 fully saturated rings. The molecule has 4 N–H and O–H groups in total. The molecule has 7 heteroatoms. The van der Waals surface area contributed by atoms with Crippen LogP contribution in [0.3, 0.4) is 0 Å². The van der Waals surface area contributed by atoms with E-state index in [9.17, 15) is 4.79 Å². The zero-order valence-corrected chi connectivity index (χ0v) is 14.0. The van der Waals surface area contributed by atoms with Crippen molar-refractivity contribution in [1.29, 1.82) is 0 Å². The molecule has 2 atom stereocenters. The van der Waals surface area contributed by atoms with Crippen molar-refractivity contribution >= 4 is 11.9 Å². The number of carbonyl (C=O) groups is 1. The summed E-state index contributed by atoms with van der Waals surface area (Å²) in [6, 6.07) is 3.15. The van der Waals surface area contributed by atoms with Crippen LogP contribution in [0.5, 0.6) is 0 Å². The van der Waals surface area contributed by atoms with Crippen molar-refractivity contribution < 1.29 is 14.3 Å². The SMILES string of the molecule is CC(C)(C)OC(=O)N1CCOCC1C(N)Cc1cccnc1N. The summed E-state index contributed by atoms with van der Waals surface area (Å²) in [6.07, 6.45) is 1.80. The van der Waals surface area contributed by atoms with Crippen LogP contribution in [0.25, 0.3) is 0 Å². The lowest BCUT2D eigenvalue weighted by molar-refractivity contribution is -0.0378. The molecular formula is C16H26N4O3. The van der Waals surface area contributed by atoms with Gasteiger partial charge in [-0.3, -0.25) is 4.90 Å². The monoisotopic (exact) mass is 322 g/mol. The zero-order valence-electron chi connectivity index (χ0n) is 14.0. The van der Waals surface area contributed by atoms with Crippen LogP contribution >= 0.6 is 0 Å². The number of anilines is 1. The first kappa shape index (κ1) is 17.5. The highest BCUT2D eigenvalue weighted by Crippen LogP contribution is 2.19. The number of nitrogens with zero attached hydrogens (tertiary/aromatic N) is 2. The highest BCUT2D eigenvalue weighted by atomic mass is 16.6. The largest absolute Gasteiger partial charge is 0.444 e. The lowest BCUT2D eigenvalue weighted by Crippen LogP contribution is -2.58. The Morgan fingerprint density at radius 2 is 2.30 bits per heavy atom. The molecule has 0 spiro atoms. The van der Waals surface area contributed by atoms with E-state index in [1.807, 2.05) is 32.9 Å².